The Bertz CT molecular complexity index is 870. The van der Waals surface area contributed by atoms with Crippen LogP contribution in [0.1, 0.15) is 11.3 Å². The summed E-state index contributed by atoms with van der Waals surface area (Å²) < 4.78 is 1.55. The van der Waals surface area contributed by atoms with Crippen molar-refractivity contribution in [2.45, 2.75) is 6.54 Å². The number of nitrogens with one attached hydrogen (secondary N) is 1. The van der Waals surface area contributed by atoms with E-state index in [0.29, 0.717) is 17.6 Å². The van der Waals surface area contributed by atoms with Crippen LogP contribution >= 0.6 is 0 Å². The Kier molecular flexibility index (Phi) is 2.73. The number of nitrogens with zero attached hydrogens (tertiary/aromatic N) is 3. The summed E-state index contributed by atoms with van der Waals surface area (Å²) in [6.07, 6.45) is 0. The molecule has 0 fully saturated rings. The highest BCUT2D eigenvalue weighted by atomic mass is 16.1. The molecule has 98 valence electrons. The lowest BCUT2D eigenvalue weighted by atomic mass is 10.2. The van der Waals surface area contributed by atoms with E-state index in [-0.39, 0.29) is 17.2 Å². The fourth-order valence-electron chi connectivity index (χ4n) is 2.16. The van der Waals surface area contributed by atoms with Gasteiger partial charge in [0.15, 0.2) is 5.82 Å². The van der Waals surface area contributed by atoms with Crippen LogP contribution in [0.4, 0.5) is 5.82 Å². The number of nitrogens with two attached hydrogens (primary N) is 1. The molecule has 6 nitrogen and oxygen atoms in total. The molecule has 0 aliphatic heterocycles. The summed E-state index contributed by atoms with van der Waals surface area (Å²) in [5.74, 6) is 0.156. The molecule has 0 saturated carbocycles. The van der Waals surface area contributed by atoms with Crippen molar-refractivity contribution in [3.63, 3.8) is 0 Å². The summed E-state index contributed by atoms with van der Waals surface area (Å²) in [4.78, 5) is 18.6. The first-order valence-electron chi connectivity index (χ1n) is 6.02. The molecule has 1 aromatic carbocycles. The number of nitrogen functional groups attached to an aromatic ring is 1. The summed E-state index contributed by atoms with van der Waals surface area (Å²) in [5, 5.41) is 8.94. The zero-order chi connectivity index (χ0) is 14.1. The molecule has 0 spiro atoms. The van der Waals surface area contributed by atoms with Gasteiger partial charge in [-0.1, -0.05) is 30.3 Å². The molecule has 3 N–H and O–H groups in total. The highest BCUT2D eigenvalue weighted by Crippen LogP contribution is 2.17. The van der Waals surface area contributed by atoms with E-state index in [1.54, 1.807) is 10.6 Å². The summed E-state index contributed by atoms with van der Waals surface area (Å²) in [5.41, 5.74) is 7.72. The third-order valence-electron chi connectivity index (χ3n) is 3.09. The van der Waals surface area contributed by atoms with E-state index in [4.69, 9.17) is 11.0 Å². The average Bonchev–Trinajstić information content (AvgIpc) is 2.77. The van der Waals surface area contributed by atoms with Gasteiger partial charge in [0, 0.05) is 6.07 Å². The number of imidazole rings is 1. The summed E-state index contributed by atoms with van der Waals surface area (Å²) in [7, 11) is 0. The van der Waals surface area contributed by atoms with Crippen LogP contribution < -0.4 is 11.4 Å². The van der Waals surface area contributed by atoms with E-state index >= 15 is 0 Å². The van der Waals surface area contributed by atoms with Gasteiger partial charge in [-0.15, -0.1) is 0 Å². The predicted octanol–water partition coefficient (Wildman–Crippen LogP) is 1.23. The molecule has 0 atom stereocenters. The number of pyridine rings is 1. The minimum Gasteiger partial charge on any atom is -0.382 e. The summed E-state index contributed by atoms with van der Waals surface area (Å²) >= 11 is 0. The second kappa shape index (κ2) is 4.55. The van der Waals surface area contributed by atoms with Gasteiger partial charge >= 0.3 is 5.69 Å². The molecule has 2 heterocycles. The maximum Gasteiger partial charge on any atom is 0.326 e. The van der Waals surface area contributed by atoms with Crippen LogP contribution in [0.25, 0.3) is 11.0 Å². The highest BCUT2D eigenvalue weighted by molar-refractivity contribution is 5.85. The molecule has 3 rings (SSSR count). The first-order chi connectivity index (χ1) is 9.69. The fourth-order valence-corrected chi connectivity index (χ4v) is 2.16. The molecule has 2 aromatic heterocycles. The van der Waals surface area contributed by atoms with Crippen molar-refractivity contribution >= 4 is 16.9 Å². The Balaban J connectivity index is 2.20. The lowest BCUT2D eigenvalue weighted by molar-refractivity contribution is 0.787. The lowest BCUT2D eigenvalue weighted by Crippen LogP contribution is -2.17. The van der Waals surface area contributed by atoms with E-state index in [0.717, 1.165) is 5.56 Å². The summed E-state index contributed by atoms with van der Waals surface area (Å²) in [6.45, 7) is 0.411. The van der Waals surface area contributed by atoms with Crippen molar-refractivity contribution in [3.8, 4) is 6.07 Å². The number of hydrogen-bond donors (Lipinski definition) is 2. The van der Waals surface area contributed by atoms with Gasteiger partial charge in [0.2, 0.25) is 0 Å². The SMILES string of the molecule is N#Cc1cc2c([nH]c(=O)n2Cc2ccccc2)c(N)n1. The fraction of sp³-hybridized carbons (Fsp3) is 0.0714. The zero-order valence-corrected chi connectivity index (χ0v) is 10.5. The van der Waals surface area contributed by atoms with Crippen molar-refractivity contribution in [1.82, 2.24) is 14.5 Å². The van der Waals surface area contributed by atoms with Gasteiger partial charge in [-0.05, 0) is 5.56 Å². The molecule has 3 aromatic rings. The van der Waals surface area contributed by atoms with Crippen LogP contribution in [0, 0.1) is 11.3 Å². The maximum absolute atomic E-state index is 12.0. The third kappa shape index (κ3) is 1.91. The number of fused-ring (bicyclic) bond motifs is 1. The van der Waals surface area contributed by atoms with Crippen molar-refractivity contribution in [1.29, 1.82) is 5.26 Å². The molecule has 6 heteroatoms. The molecule has 0 aliphatic rings. The van der Waals surface area contributed by atoms with Crippen molar-refractivity contribution < 1.29 is 0 Å². The molecule has 0 amide bonds. The number of anilines is 1. The molecular weight excluding hydrogens is 254 g/mol. The van der Waals surface area contributed by atoms with Gasteiger partial charge in [0.05, 0.1) is 12.1 Å². The van der Waals surface area contributed by atoms with E-state index in [1.807, 2.05) is 36.4 Å². The first kappa shape index (κ1) is 12.0. The second-order valence-electron chi connectivity index (χ2n) is 4.40. The van der Waals surface area contributed by atoms with Crippen LogP contribution in [0.5, 0.6) is 0 Å². The minimum absolute atomic E-state index is 0.156. The second-order valence-corrected chi connectivity index (χ2v) is 4.40. The quantitative estimate of drug-likeness (QED) is 0.727. The van der Waals surface area contributed by atoms with Gasteiger partial charge in [0.1, 0.15) is 17.3 Å². The van der Waals surface area contributed by atoms with Crippen LogP contribution in [0.2, 0.25) is 0 Å². The van der Waals surface area contributed by atoms with Gasteiger partial charge in [0.25, 0.3) is 0 Å². The first-order valence-corrected chi connectivity index (χ1v) is 6.02. The maximum atomic E-state index is 12.0. The Morgan fingerprint density at radius 1 is 1.35 bits per heavy atom. The normalized spacial score (nSPS) is 10.6. The molecule has 0 radical (unpaired) electrons. The average molecular weight is 265 g/mol. The Hall–Kier alpha value is -3.07. The lowest BCUT2D eigenvalue weighted by Gasteiger charge is -2.04. The summed E-state index contributed by atoms with van der Waals surface area (Å²) in [6, 6.07) is 13.1. The number of hydrogen-bond acceptors (Lipinski definition) is 4. The van der Waals surface area contributed by atoms with Crippen molar-refractivity contribution in [3.05, 3.63) is 58.1 Å². The Labute approximate surface area is 114 Å². The largest absolute Gasteiger partial charge is 0.382 e. The number of nitriles is 1. The van der Waals surface area contributed by atoms with Crippen LogP contribution in [-0.4, -0.2) is 14.5 Å². The molecule has 0 aliphatic carbocycles. The van der Waals surface area contributed by atoms with Crippen molar-refractivity contribution in [2.24, 2.45) is 0 Å². The number of H-pyrrole nitrogens is 1. The number of rotatable bonds is 2. The topological polar surface area (TPSA) is 100 Å². The number of aromatic nitrogens is 3. The molecule has 20 heavy (non-hydrogen) atoms. The monoisotopic (exact) mass is 265 g/mol. The zero-order valence-electron chi connectivity index (χ0n) is 10.5. The predicted molar refractivity (Wildman–Crippen MR) is 75.0 cm³/mol. The van der Waals surface area contributed by atoms with E-state index in [9.17, 15) is 4.79 Å². The highest BCUT2D eigenvalue weighted by Gasteiger charge is 2.12. The number of aromatic amines is 1. The van der Waals surface area contributed by atoms with Crippen LogP contribution in [0.15, 0.2) is 41.2 Å². The molecule has 0 unspecified atom stereocenters. The smallest absolute Gasteiger partial charge is 0.326 e. The molecule has 0 saturated heterocycles. The van der Waals surface area contributed by atoms with Crippen molar-refractivity contribution in [2.75, 3.05) is 5.73 Å². The third-order valence-corrected chi connectivity index (χ3v) is 3.09. The number of benzene rings is 1. The van der Waals surface area contributed by atoms with Gasteiger partial charge in [-0.2, -0.15) is 5.26 Å². The van der Waals surface area contributed by atoms with Gasteiger partial charge in [-0.3, -0.25) is 4.57 Å². The van der Waals surface area contributed by atoms with Gasteiger partial charge in [-0.25, -0.2) is 9.78 Å². The van der Waals surface area contributed by atoms with Crippen LogP contribution in [-0.2, 0) is 6.54 Å². The van der Waals surface area contributed by atoms with Crippen LogP contribution in [0.3, 0.4) is 0 Å². The van der Waals surface area contributed by atoms with E-state index in [1.165, 1.54) is 0 Å². The molecular formula is C14H11N5O. The van der Waals surface area contributed by atoms with E-state index in [2.05, 4.69) is 9.97 Å². The minimum atomic E-state index is -0.271. The standard InChI is InChI=1S/C14H11N5O/c15-7-10-6-11-12(13(16)17-10)18-14(20)19(11)8-9-4-2-1-3-5-9/h1-6H,8H2,(H2,16,17)(H,18,20). The molecule has 0 bridgehead atoms. The van der Waals surface area contributed by atoms with Gasteiger partial charge < -0.3 is 10.7 Å². The Morgan fingerprint density at radius 3 is 2.80 bits per heavy atom. The van der Waals surface area contributed by atoms with E-state index < -0.39 is 0 Å². The Morgan fingerprint density at radius 2 is 2.10 bits per heavy atom.